The maximum Gasteiger partial charge on any atom is 0.253 e. The lowest BCUT2D eigenvalue weighted by Gasteiger charge is -2.33. The Morgan fingerprint density at radius 1 is 1.18 bits per heavy atom. The molecule has 1 N–H and O–H groups in total. The minimum Gasteiger partial charge on any atom is -0.388 e. The Morgan fingerprint density at radius 3 is 2.53 bits per heavy atom. The number of carbonyl (C=O) groups excluding carboxylic acids is 1. The molecule has 0 bridgehead atoms. The van der Waals surface area contributed by atoms with E-state index in [1.807, 2.05) is 74.7 Å². The van der Waals surface area contributed by atoms with E-state index in [4.69, 9.17) is 4.84 Å². The van der Waals surface area contributed by atoms with E-state index in [-0.39, 0.29) is 5.91 Å². The number of hydroxylamine groups is 2. The summed E-state index contributed by atoms with van der Waals surface area (Å²) in [5.74, 6) is 0.554. The number of likely N-dealkylation sites (N-methyl/N-ethyl adjacent to an activating group) is 2. The minimum absolute atomic E-state index is 0.0397. The SMILES string of the molecule is C=C/C=C(/CN1CCC(c2ccc(C(=O)N(C)C)cc2)CC1)N(C)/N=C\C=C(/C)N1C=CC(NC)=CCO1. The number of hydrogen-bond donors (Lipinski definition) is 1. The third-order valence-electron chi connectivity index (χ3n) is 6.83. The van der Waals surface area contributed by atoms with Crippen LogP contribution in [-0.4, -0.2) is 86.4 Å². The van der Waals surface area contributed by atoms with Crippen molar-refractivity contribution in [2.45, 2.75) is 25.7 Å². The molecule has 3 rings (SSSR count). The van der Waals surface area contributed by atoms with Gasteiger partial charge >= 0.3 is 0 Å². The fraction of sp³-hybridized carbons (Fsp3) is 0.400. The zero-order valence-electron chi connectivity index (χ0n) is 23.4. The van der Waals surface area contributed by atoms with Crippen molar-refractivity contribution in [2.75, 3.05) is 54.4 Å². The van der Waals surface area contributed by atoms with Crippen molar-refractivity contribution in [3.8, 4) is 0 Å². The van der Waals surface area contributed by atoms with E-state index in [0.717, 1.165) is 55.1 Å². The second-order valence-electron chi connectivity index (χ2n) is 9.71. The van der Waals surface area contributed by atoms with Crippen LogP contribution < -0.4 is 5.32 Å². The van der Waals surface area contributed by atoms with Crippen LogP contribution in [0.4, 0.5) is 0 Å². The average Bonchev–Trinajstić information content (AvgIpc) is 3.18. The predicted octanol–water partition coefficient (Wildman–Crippen LogP) is 4.32. The summed E-state index contributed by atoms with van der Waals surface area (Å²) in [6, 6.07) is 8.12. The molecule has 8 nitrogen and oxygen atoms in total. The first-order valence-corrected chi connectivity index (χ1v) is 13.1. The van der Waals surface area contributed by atoms with Crippen LogP contribution in [0.25, 0.3) is 0 Å². The number of nitrogens with zero attached hydrogens (tertiary/aromatic N) is 5. The molecule has 1 fully saturated rings. The van der Waals surface area contributed by atoms with Gasteiger partial charge in [-0.1, -0.05) is 24.8 Å². The molecule has 0 aliphatic carbocycles. The molecule has 0 radical (unpaired) electrons. The van der Waals surface area contributed by atoms with Gasteiger partial charge in [-0.05, 0) is 80.8 Å². The second kappa shape index (κ2) is 14.4. The van der Waals surface area contributed by atoms with Gasteiger partial charge in [-0.3, -0.25) is 19.5 Å². The second-order valence-corrected chi connectivity index (χ2v) is 9.71. The van der Waals surface area contributed by atoms with Crippen LogP contribution in [-0.2, 0) is 4.84 Å². The molecule has 2 heterocycles. The van der Waals surface area contributed by atoms with Crippen LogP contribution in [0.1, 0.15) is 41.6 Å². The molecule has 2 aliphatic rings. The topological polar surface area (TPSA) is 63.7 Å². The highest BCUT2D eigenvalue weighted by Crippen LogP contribution is 2.29. The van der Waals surface area contributed by atoms with Crippen LogP contribution in [0.15, 0.2) is 89.6 Å². The van der Waals surface area contributed by atoms with Gasteiger partial charge in [0.25, 0.3) is 5.91 Å². The molecule has 8 heteroatoms. The summed E-state index contributed by atoms with van der Waals surface area (Å²) in [5, 5.41) is 11.4. The molecule has 0 atom stereocenters. The molecular weight excluding hydrogens is 476 g/mol. The molecule has 2 aliphatic heterocycles. The van der Waals surface area contributed by atoms with Gasteiger partial charge in [-0.2, -0.15) is 5.10 Å². The quantitative estimate of drug-likeness (QED) is 0.283. The van der Waals surface area contributed by atoms with Crippen molar-refractivity contribution < 1.29 is 9.63 Å². The van der Waals surface area contributed by atoms with E-state index in [0.29, 0.717) is 12.5 Å². The number of carbonyl (C=O) groups is 1. The number of hydrazone groups is 1. The fourth-order valence-electron chi connectivity index (χ4n) is 4.47. The van der Waals surface area contributed by atoms with Gasteiger partial charge < -0.3 is 10.2 Å². The van der Waals surface area contributed by atoms with Gasteiger partial charge in [-0.15, -0.1) is 0 Å². The third kappa shape index (κ3) is 8.19. The van der Waals surface area contributed by atoms with Gasteiger partial charge in [0, 0.05) is 64.1 Å². The van der Waals surface area contributed by atoms with Gasteiger partial charge in [0.15, 0.2) is 0 Å². The number of rotatable bonds is 10. The summed E-state index contributed by atoms with van der Waals surface area (Å²) in [4.78, 5) is 22.0. The summed E-state index contributed by atoms with van der Waals surface area (Å²) in [5.41, 5.74) is 5.08. The maximum absolute atomic E-state index is 12.2. The summed E-state index contributed by atoms with van der Waals surface area (Å²) in [6.45, 7) is 9.20. The molecule has 0 unspecified atom stereocenters. The van der Waals surface area contributed by atoms with Crippen LogP contribution >= 0.6 is 0 Å². The molecule has 0 saturated carbocycles. The average molecular weight is 519 g/mol. The minimum atomic E-state index is 0.0397. The lowest BCUT2D eigenvalue weighted by atomic mass is 9.89. The van der Waals surface area contributed by atoms with E-state index in [9.17, 15) is 4.79 Å². The highest BCUT2D eigenvalue weighted by molar-refractivity contribution is 5.93. The van der Waals surface area contributed by atoms with E-state index in [1.165, 1.54) is 5.56 Å². The summed E-state index contributed by atoms with van der Waals surface area (Å²) < 4.78 is 0. The molecule has 1 saturated heterocycles. The van der Waals surface area contributed by atoms with Crippen molar-refractivity contribution in [1.82, 2.24) is 25.2 Å². The monoisotopic (exact) mass is 518 g/mol. The summed E-state index contributed by atoms with van der Waals surface area (Å²) >= 11 is 0. The summed E-state index contributed by atoms with van der Waals surface area (Å²) in [7, 11) is 7.41. The number of allylic oxidation sites excluding steroid dienone is 5. The van der Waals surface area contributed by atoms with Crippen LogP contribution in [0, 0.1) is 0 Å². The number of hydrogen-bond acceptors (Lipinski definition) is 7. The van der Waals surface area contributed by atoms with Crippen LogP contribution in [0.3, 0.4) is 0 Å². The maximum atomic E-state index is 12.2. The lowest BCUT2D eigenvalue weighted by molar-refractivity contribution is -0.0764. The molecule has 1 amide bonds. The van der Waals surface area contributed by atoms with Gasteiger partial charge in [0.1, 0.15) is 0 Å². The Bertz CT molecular complexity index is 1090. The smallest absolute Gasteiger partial charge is 0.253 e. The van der Waals surface area contributed by atoms with Gasteiger partial charge in [0.2, 0.25) is 0 Å². The number of piperidine rings is 1. The Kier molecular flexibility index (Phi) is 10.9. The molecule has 0 spiro atoms. The van der Waals surface area contributed by atoms with Crippen molar-refractivity contribution in [2.24, 2.45) is 5.10 Å². The standard InChI is InChI=1S/C30H42N6O2/c1-7-8-29(34(6)32-18-13-24(2)36-21-16-28(31-3)17-22-38-36)23-35-19-14-26(15-20-35)25-9-11-27(12-10-25)30(37)33(4)5/h7-13,16-18,21,26,31H,1,14-15,19-20,22-23H2,2-6H3/b24-13+,29-8-,32-18-. The Morgan fingerprint density at radius 2 is 1.89 bits per heavy atom. The molecular formula is C30H42N6O2. The van der Waals surface area contributed by atoms with E-state index in [1.54, 1.807) is 30.3 Å². The highest BCUT2D eigenvalue weighted by atomic mass is 16.7. The van der Waals surface area contributed by atoms with Gasteiger partial charge in [0.05, 0.1) is 12.3 Å². The number of benzene rings is 1. The number of amides is 1. The van der Waals surface area contributed by atoms with Crippen molar-refractivity contribution in [1.29, 1.82) is 0 Å². The predicted molar refractivity (Wildman–Crippen MR) is 155 cm³/mol. The molecule has 1 aromatic rings. The normalized spacial score (nSPS) is 17.8. The Balaban J connectivity index is 1.53. The zero-order chi connectivity index (χ0) is 27.5. The Hall–Kier alpha value is -3.62. The summed E-state index contributed by atoms with van der Waals surface area (Å²) in [6.07, 6.45) is 15.6. The lowest BCUT2D eigenvalue weighted by Crippen LogP contribution is -2.36. The molecule has 38 heavy (non-hydrogen) atoms. The highest BCUT2D eigenvalue weighted by Gasteiger charge is 2.22. The first kappa shape index (κ1) is 28.9. The van der Waals surface area contributed by atoms with Crippen molar-refractivity contribution in [3.63, 3.8) is 0 Å². The number of nitrogens with one attached hydrogen (secondary N) is 1. The van der Waals surface area contributed by atoms with E-state index < -0.39 is 0 Å². The van der Waals surface area contributed by atoms with Crippen molar-refractivity contribution >= 4 is 12.1 Å². The van der Waals surface area contributed by atoms with E-state index >= 15 is 0 Å². The molecule has 204 valence electrons. The molecule has 0 aromatic heterocycles. The molecule has 1 aromatic carbocycles. The van der Waals surface area contributed by atoms with Crippen LogP contribution in [0.2, 0.25) is 0 Å². The number of likely N-dealkylation sites (tertiary alicyclic amines) is 1. The van der Waals surface area contributed by atoms with E-state index in [2.05, 4.69) is 34.0 Å². The first-order chi connectivity index (χ1) is 18.3. The Labute approximate surface area is 227 Å². The third-order valence-corrected chi connectivity index (χ3v) is 6.83. The van der Waals surface area contributed by atoms with Gasteiger partial charge in [-0.25, -0.2) is 5.06 Å². The fourth-order valence-corrected chi connectivity index (χ4v) is 4.47. The van der Waals surface area contributed by atoms with Crippen LogP contribution in [0.5, 0.6) is 0 Å². The first-order valence-electron chi connectivity index (χ1n) is 13.1. The largest absolute Gasteiger partial charge is 0.388 e. The van der Waals surface area contributed by atoms with Crippen molar-refractivity contribution in [3.05, 3.63) is 95.6 Å². The zero-order valence-corrected chi connectivity index (χ0v) is 23.4.